The van der Waals surface area contributed by atoms with Gasteiger partial charge in [0, 0.05) is 6.42 Å². The number of carbonyl (C=O) groups is 3. The van der Waals surface area contributed by atoms with Gasteiger partial charge in [-0.3, -0.25) is 15.3 Å². The number of carboxylic acid groups (broad SMARTS) is 2. The van der Waals surface area contributed by atoms with Gasteiger partial charge in [0.25, 0.3) is 0 Å². The number of carbonyl (C=O) groups excluding carboxylic acids is 2. The average molecular weight is 506 g/mol. The molecule has 1 atom stereocenters. The molecule has 210 valence electrons. The van der Waals surface area contributed by atoms with Crippen molar-refractivity contribution >= 4 is 17.9 Å². The highest BCUT2D eigenvalue weighted by Gasteiger charge is 2.25. The van der Waals surface area contributed by atoms with Gasteiger partial charge < -0.3 is 30.0 Å². The van der Waals surface area contributed by atoms with E-state index in [0.29, 0.717) is 17.3 Å². The number of quaternary nitrogens is 1. The molecule has 0 fully saturated rings. The molecule has 0 aliphatic rings. The molecule has 5 N–H and O–H groups in total. The Balaban J connectivity index is -0.000000469. The first-order valence-electron chi connectivity index (χ1n) is 13.0. The maximum Gasteiger partial charge on any atom is 0.327 e. The molecular weight excluding hydrogens is 450 g/mol. The van der Waals surface area contributed by atoms with E-state index in [-0.39, 0.29) is 6.54 Å². The maximum atomic E-state index is 11.0. The number of hydrogen-bond acceptors (Lipinski definition) is 7. The third kappa shape index (κ3) is 37.0. The Labute approximate surface area is 214 Å². The third-order valence-electron chi connectivity index (χ3n) is 4.78. The lowest BCUT2D eigenvalue weighted by Crippen LogP contribution is -2.45. The fourth-order valence-corrected chi connectivity index (χ4v) is 2.70. The van der Waals surface area contributed by atoms with Crippen molar-refractivity contribution in [1.29, 1.82) is 0 Å². The summed E-state index contributed by atoms with van der Waals surface area (Å²) in [5, 5.41) is 18.3. The van der Waals surface area contributed by atoms with Crippen LogP contribution in [0.4, 0.5) is 0 Å². The van der Waals surface area contributed by atoms with Gasteiger partial charge in [0.2, 0.25) is 0 Å². The van der Waals surface area contributed by atoms with Crippen LogP contribution in [0.1, 0.15) is 111 Å². The molecule has 9 nitrogen and oxygen atoms in total. The summed E-state index contributed by atoms with van der Waals surface area (Å²) >= 11 is 0. The monoisotopic (exact) mass is 505 g/mol. The van der Waals surface area contributed by atoms with Crippen molar-refractivity contribution in [3.8, 4) is 0 Å². The van der Waals surface area contributed by atoms with Crippen LogP contribution in [0.25, 0.3) is 0 Å². The van der Waals surface area contributed by atoms with Crippen LogP contribution < -0.4 is 16.6 Å². The standard InChI is InChI=1S/C14H28O2.C7H16N2O2.C5H11NO2/c1-2-3-4-5-6-7-8-9-10-11-12-13-14(15)16;1-4-5(8)11-6(10)7(2,3)9;1-6(2,3)4-5(7)8/h2-13H2,1H3,(H,15,16);5H,4,8-9H2,1-3H3;4H2,1-3H3. The largest absolute Gasteiger partial charge is 0.544 e. The molecule has 1 unspecified atom stereocenters. The summed E-state index contributed by atoms with van der Waals surface area (Å²) in [5.74, 6) is -2.12. The molecule has 35 heavy (non-hydrogen) atoms. The smallest absolute Gasteiger partial charge is 0.327 e. The molecule has 0 saturated heterocycles. The molecule has 0 aromatic carbocycles. The number of rotatable bonds is 17. The molecule has 0 aliphatic heterocycles. The molecule has 0 spiro atoms. The first-order valence-corrected chi connectivity index (χ1v) is 13.0. The number of unbranched alkanes of at least 4 members (excludes halogenated alkanes) is 10. The number of aliphatic carboxylic acids is 2. The summed E-state index contributed by atoms with van der Waals surface area (Å²) in [5.41, 5.74) is 9.87. The predicted molar refractivity (Wildman–Crippen MR) is 139 cm³/mol. The van der Waals surface area contributed by atoms with E-state index < -0.39 is 29.7 Å². The van der Waals surface area contributed by atoms with Gasteiger partial charge in [0.1, 0.15) is 12.1 Å². The van der Waals surface area contributed by atoms with Gasteiger partial charge in [-0.05, 0) is 26.7 Å². The molecule has 0 heterocycles. The number of esters is 1. The summed E-state index contributed by atoms with van der Waals surface area (Å²) in [4.78, 5) is 31.2. The summed E-state index contributed by atoms with van der Waals surface area (Å²) in [7, 11) is 5.40. The second-order valence-corrected chi connectivity index (χ2v) is 10.6. The Morgan fingerprint density at radius 3 is 1.54 bits per heavy atom. The first kappa shape index (κ1) is 37.8. The van der Waals surface area contributed by atoms with E-state index in [0.717, 1.165) is 12.8 Å². The van der Waals surface area contributed by atoms with Crippen LogP contribution in [0.5, 0.6) is 0 Å². The van der Waals surface area contributed by atoms with E-state index >= 15 is 0 Å². The SMILES string of the molecule is CCC(N)OC(=O)C(C)(C)N.CCCCCCCCCCCCCC(=O)O.C[N+](C)(C)CC(=O)[O-]. The van der Waals surface area contributed by atoms with Crippen LogP contribution in [0.3, 0.4) is 0 Å². The zero-order chi connectivity index (χ0) is 27.9. The zero-order valence-electron chi connectivity index (χ0n) is 23.6. The Hall–Kier alpha value is -1.71. The molecule has 0 aliphatic carbocycles. The topological polar surface area (TPSA) is 156 Å². The van der Waals surface area contributed by atoms with Gasteiger partial charge in [0.15, 0.2) is 6.23 Å². The van der Waals surface area contributed by atoms with Gasteiger partial charge in [-0.25, -0.2) is 0 Å². The molecule has 0 saturated carbocycles. The van der Waals surface area contributed by atoms with Crippen LogP contribution in [0.2, 0.25) is 0 Å². The fourth-order valence-electron chi connectivity index (χ4n) is 2.70. The van der Waals surface area contributed by atoms with Gasteiger partial charge in [-0.2, -0.15) is 0 Å². The lowest BCUT2D eigenvalue weighted by Gasteiger charge is -2.23. The molecule has 0 rings (SSSR count). The minimum absolute atomic E-state index is 0.0694. The molecule has 0 aromatic rings. The highest BCUT2D eigenvalue weighted by atomic mass is 16.6. The van der Waals surface area contributed by atoms with Gasteiger partial charge >= 0.3 is 11.9 Å². The zero-order valence-corrected chi connectivity index (χ0v) is 23.6. The summed E-state index contributed by atoms with van der Waals surface area (Å²) in [6.07, 6.45) is 14.4. The van der Waals surface area contributed by atoms with Crippen molar-refractivity contribution in [2.45, 2.75) is 123 Å². The molecule has 0 amide bonds. The fraction of sp³-hybridized carbons (Fsp3) is 0.885. The number of carboxylic acids is 2. The third-order valence-corrected chi connectivity index (χ3v) is 4.78. The van der Waals surface area contributed by atoms with E-state index in [2.05, 4.69) is 6.92 Å². The number of nitrogens with two attached hydrogens (primary N) is 2. The van der Waals surface area contributed by atoms with Crippen molar-refractivity contribution in [2.24, 2.45) is 11.5 Å². The van der Waals surface area contributed by atoms with Crippen LogP contribution in [0.15, 0.2) is 0 Å². The van der Waals surface area contributed by atoms with Crippen LogP contribution in [-0.2, 0) is 19.1 Å². The van der Waals surface area contributed by atoms with Gasteiger partial charge in [0.05, 0.1) is 27.1 Å². The van der Waals surface area contributed by atoms with E-state index in [1.165, 1.54) is 57.8 Å². The normalized spacial score (nSPS) is 11.9. The minimum Gasteiger partial charge on any atom is -0.544 e. The first-order chi connectivity index (χ1) is 16.1. The Kier molecular flexibility index (Phi) is 24.6. The Morgan fingerprint density at radius 1 is 0.886 bits per heavy atom. The number of likely N-dealkylation sites (N-methyl/N-ethyl adjacent to an activating group) is 1. The minimum atomic E-state index is -1.00. The molecular formula is C26H55N3O6. The Bertz CT molecular complexity index is 542. The molecule has 0 radical (unpaired) electrons. The van der Waals surface area contributed by atoms with Crippen LogP contribution >= 0.6 is 0 Å². The van der Waals surface area contributed by atoms with E-state index in [1.807, 2.05) is 6.92 Å². The average Bonchev–Trinajstić information content (AvgIpc) is 2.70. The lowest BCUT2D eigenvalue weighted by molar-refractivity contribution is -0.864. The molecule has 9 heteroatoms. The summed E-state index contributed by atoms with van der Waals surface area (Å²) < 4.78 is 5.20. The Morgan fingerprint density at radius 2 is 1.29 bits per heavy atom. The highest BCUT2D eigenvalue weighted by molar-refractivity contribution is 5.79. The number of nitrogens with zero attached hydrogens (tertiary/aromatic N) is 1. The highest BCUT2D eigenvalue weighted by Crippen LogP contribution is 2.11. The lowest BCUT2D eigenvalue weighted by atomic mass is 10.1. The summed E-state index contributed by atoms with van der Waals surface area (Å²) in [6, 6.07) is 0. The van der Waals surface area contributed by atoms with Gasteiger partial charge in [-0.1, -0.05) is 78.1 Å². The van der Waals surface area contributed by atoms with Gasteiger partial charge in [-0.15, -0.1) is 0 Å². The van der Waals surface area contributed by atoms with E-state index in [1.54, 1.807) is 35.0 Å². The van der Waals surface area contributed by atoms with Crippen molar-refractivity contribution < 1.29 is 33.8 Å². The van der Waals surface area contributed by atoms with E-state index in [9.17, 15) is 19.5 Å². The van der Waals surface area contributed by atoms with Crippen molar-refractivity contribution in [1.82, 2.24) is 0 Å². The second-order valence-electron chi connectivity index (χ2n) is 10.6. The molecule has 0 bridgehead atoms. The van der Waals surface area contributed by atoms with Crippen LogP contribution in [-0.4, -0.2) is 67.0 Å². The van der Waals surface area contributed by atoms with Crippen molar-refractivity contribution in [2.75, 3.05) is 27.7 Å². The molecule has 0 aromatic heterocycles. The quantitative estimate of drug-likeness (QED) is 0.118. The predicted octanol–water partition coefficient (Wildman–Crippen LogP) is 3.18. The maximum absolute atomic E-state index is 11.0. The number of hydrogen-bond donors (Lipinski definition) is 3. The van der Waals surface area contributed by atoms with E-state index in [4.69, 9.17) is 21.3 Å². The number of ether oxygens (including phenoxy) is 1. The van der Waals surface area contributed by atoms with Crippen LogP contribution in [0, 0.1) is 0 Å². The van der Waals surface area contributed by atoms with Crippen molar-refractivity contribution in [3.05, 3.63) is 0 Å². The van der Waals surface area contributed by atoms with Crippen molar-refractivity contribution in [3.63, 3.8) is 0 Å². The summed E-state index contributed by atoms with van der Waals surface area (Å²) in [6.45, 7) is 7.31. The second kappa shape index (κ2) is 22.7.